The van der Waals surface area contributed by atoms with Crippen LogP contribution in [0.5, 0.6) is 0 Å². The number of pyridine rings is 1. The van der Waals surface area contributed by atoms with Crippen LogP contribution in [0.15, 0.2) is 65.7 Å². The normalized spacial score (nSPS) is 17.0. The molecule has 29 heavy (non-hydrogen) atoms. The van der Waals surface area contributed by atoms with Crippen LogP contribution in [0.25, 0.3) is 11.3 Å². The fraction of sp³-hybridized carbons (Fsp3) is 0.318. The van der Waals surface area contributed by atoms with Gasteiger partial charge < -0.3 is 10.0 Å². The van der Waals surface area contributed by atoms with Gasteiger partial charge in [0, 0.05) is 48.1 Å². The molecule has 1 aliphatic rings. The predicted molar refractivity (Wildman–Crippen MR) is 116 cm³/mol. The number of rotatable bonds is 3. The number of hydrogen-bond acceptors (Lipinski definition) is 5. The second-order valence-electron chi connectivity index (χ2n) is 8.24. The summed E-state index contributed by atoms with van der Waals surface area (Å²) in [5.74, 6) is 0.479. The molecule has 0 bridgehead atoms. The molecule has 3 heterocycles. The molecular weight excluding hydrogens is 388 g/mol. The Morgan fingerprint density at radius 2 is 1.72 bits per heavy atom. The third-order valence-electron chi connectivity index (χ3n) is 5.22. The van der Waals surface area contributed by atoms with Gasteiger partial charge in [-0.05, 0) is 19.1 Å². The number of anilines is 1. The lowest BCUT2D eigenvalue weighted by Crippen LogP contribution is -2.55. The van der Waals surface area contributed by atoms with Crippen molar-refractivity contribution in [3.8, 4) is 11.3 Å². The Bertz CT molecular complexity index is 1050. The van der Waals surface area contributed by atoms with E-state index in [1.54, 1.807) is 30.0 Å². The number of fused-ring (bicyclic) bond motifs is 1. The Morgan fingerprint density at radius 1 is 1.07 bits per heavy atom. The molecule has 0 spiro atoms. The molecule has 4 rings (SSSR count). The van der Waals surface area contributed by atoms with Gasteiger partial charge >= 0.3 is 0 Å². The van der Waals surface area contributed by atoms with Crippen molar-refractivity contribution in [3.05, 3.63) is 76.8 Å². The number of halogens is 1. The first-order valence-electron chi connectivity index (χ1n) is 9.36. The fourth-order valence-corrected chi connectivity index (χ4v) is 3.75. The van der Waals surface area contributed by atoms with E-state index in [-0.39, 0.29) is 23.4 Å². The van der Waals surface area contributed by atoms with E-state index >= 15 is 0 Å². The fourth-order valence-electron chi connectivity index (χ4n) is 3.75. The molecule has 0 fully saturated rings. The third-order valence-corrected chi connectivity index (χ3v) is 5.22. The zero-order valence-corrected chi connectivity index (χ0v) is 17.6. The molecule has 7 heteroatoms. The molecule has 0 amide bonds. The molecule has 1 aromatic carbocycles. The van der Waals surface area contributed by atoms with Crippen molar-refractivity contribution in [2.75, 3.05) is 11.4 Å². The van der Waals surface area contributed by atoms with Gasteiger partial charge in [0.25, 0.3) is 5.56 Å². The zero-order valence-electron chi connectivity index (χ0n) is 16.7. The van der Waals surface area contributed by atoms with Crippen LogP contribution < -0.4 is 10.5 Å². The van der Waals surface area contributed by atoms with Gasteiger partial charge in [0.1, 0.15) is 0 Å². The molecule has 1 atom stereocenters. The molecule has 6 nitrogen and oxygen atoms in total. The highest BCUT2D eigenvalue weighted by Gasteiger charge is 2.41. The van der Waals surface area contributed by atoms with Crippen molar-refractivity contribution >= 4 is 18.4 Å². The maximum Gasteiger partial charge on any atom is 0.255 e. The standard InChI is InChI=1S/C22H24N4O2.ClH/c1-21(2)14-25-19(27)13-18(16-9-11-23-12-10-16)24-20(25)26(15-21)22(3,28)17-7-5-4-6-8-17;/h4-13,28H,14-15H2,1-3H3;1H/t22-;/m0./s1. The van der Waals surface area contributed by atoms with Crippen LogP contribution >= 0.6 is 12.4 Å². The molecule has 0 unspecified atom stereocenters. The highest BCUT2D eigenvalue weighted by Crippen LogP contribution is 2.37. The molecule has 2 aromatic heterocycles. The van der Waals surface area contributed by atoms with Gasteiger partial charge in [-0.3, -0.25) is 14.3 Å². The Labute approximate surface area is 176 Å². The zero-order chi connectivity index (χ0) is 19.9. The van der Waals surface area contributed by atoms with E-state index in [9.17, 15) is 9.90 Å². The van der Waals surface area contributed by atoms with Gasteiger partial charge in [-0.2, -0.15) is 0 Å². The van der Waals surface area contributed by atoms with Crippen molar-refractivity contribution in [2.24, 2.45) is 5.41 Å². The average Bonchev–Trinajstić information content (AvgIpc) is 2.69. The summed E-state index contributed by atoms with van der Waals surface area (Å²) >= 11 is 0. The molecule has 0 saturated carbocycles. The summed E-state index contributed by atoms with van der Waals surface area (Å²) in [7, 11) is 0. The SMILES string of the molecule is CC1(C)CN([C@@](C)(O)c2ccccc2)c2nc(-c3ccncc3)cc(=O)n2C1.Cl. The number of benzene rings is 1. The largest absolute Gasteiger partial charge is 0.367 e. The molecule has 0 saturated heterocycles. The summed E-state index contributed by atoms with van der Waals surface area (Å²) in [5, 5.41) is 11.5. The molecule has 1 N–H and O–H groups in total. The Morgan fingerprint density at radius 3 is 2.38 bits per heavy atom. The summed E-state index contributed by atoms with van der Waals surface area (Å²) in [6.07, 6.45) is 3.35. The summed E-state index contributed by atoms with van der Waals surface area (Å²) in [4.78, 5) is 23.6. The summed E-state index contributed by atoms with van der Waals surface area (Å²) in [6, 6.07) is 14.7. The maximum atomic E-state index is 13.0. The monoisotopic (exact) mass is 412 g/mol. The van der Waals surface area contributed by atoms with E-state index in [4.69, 9.17) is 4.98 Å². The lowest BCUT2D eigenvalue weighted by Gasteiger charge is -2.47. The molecule has 152 valence electrons. The first kappa shape index (κ1) is 21.0. The smallest absolute Gasteiger partial charge is 0.255 e. The second-order valence-corrected chi connectivity index (χ2v) is 8.24. The van der Waals surface area contributed by atoms with Gasteiger partial charge in [0.2, 0.25) is 5.95 Å². The molecular formula is C22H25ClN4O2. The number of aliphatic hydroxyl groups is 1. The van der Waals surface area contributed by atoms with Crippen molar-refractivity contribution < 1.29 is 5.11 Å². The minimum atomic E-state index is -1.31. The predicted octanol–water partition coefficient (Wildman–Crippen LogP) is 3.44. The molecule has 3 aromatic rings. The van der Waals surface area contributed by atoms with Gasteiger partial charge in [0.05, 0.1) is 5.69 Å². The summed E-state index contributed by atoms with van der Waals surface area (Å²) < 4.78 is 1.66. The summed E-state index contributed by atoms with van der Waals surface area (Å²) in [5.41, 5.74) is 0.514. The highest BCUT2D eigenvalue weighted by atomic mass is 35.5. The van der Waals surface area contributed by atoms with E-state index in [1.165, 1.54) is 0 Å². The topological polar surface area (TPSA) is 71.2 Å². The molecule has 0 radical (unpaired) electrons. The van der Waals surface area contributed by atoms with Crippen molar-refractivity contribution in [1.29, 1.82) is 0 Å². The van der Waals surface area contributed by atoms with Gasteiger partial charge in [0.15, 0.2) is 5.72 Å². The minimum Gasteiger partial charge on any atom is -0.367 e. The van der Waals surface area contributed by atoms with E-state index in [0.717, 1.165) is 11.1 Å². The third kappa shape index (κ3) is 3.91. The van der Waals surface area contributed by atoms with Crippen molar-refractivity contribution in [3.63, 3.8) is 0 Å². The lowest BCUT2D eigenvalue weighted by atomic mass is 9.89. The Balaban J connectivity index is 0.00000240. The average molecular weight is 413 g/mol. The van der Waals surface area contributed by atoms with Crippen LogP contribution in [0, 0.1) is 5.41 Å². The van der Waals surface area contributed by atoms with Crippen LogP contribution in [-0.4, -0.2) is 26.2 Å². The van der Waals surface area contributed by atoms with Crippen molar-refractivity contribution in [1.82, 2.24) is 14.5 Å². The second kappa shape index (κ2) is 7.61. The van der Waals surface area contributed by atoms with E-state index < -0.39 is 5.72 Å². The van der Waals surface area contributed by atoms with E-state index in [2.05, 4.69) is 18.8 Å². The van der Waals surface area contributed by atoms with Crippen molar-refractivity contribution in [2.45, 2.75) is 33.0 Å². The summed E-state index contributed by atoms with van der Waals surface area (Å²) in [6.45, 7) is 7.05. The van der Waals surface area contributed by atoms with Crippen LogP contribution in [0.3, 0.4) is 0 Å². The van der Waals surface area contributed by atoms with Crippen LogP contribution in [0.2, 0.25) is 0 Å². The van der Waals surface area contributed by atoms with Gasteiger partial charge in [-0.1, -0.05) is 44.2 Å². The van der Waals surface area contributed by atoms with Gasteiger partial charge in [-0.15, -0.1) is 12.4 Å². The molecule has 1 aliphatic heterocycles. The first-order valence-corrected chi connectivity index (χ1v) is 9.36. The highest BCUT2D eigenvalue weighted by molar-refractivity contribution is 5.85. The Hall–Kier alpha value is -2.70. The van der Waals surface area contributed by atoms with E-state index in [1.807, 2.05) is 47.4 Å². The Kier molecular flexibility index (Phi) is 5.52. The number of hydrogen-bond donors (Lipinski definition) is 1. The van der Waals surface area contributed by atoms with Crippen LogP contribution in [0.1, 0.15) is 26.3 Å². The van der Waals surface area contributed by atoms with Crippen LogP contribution in [-0.2, 0) is 12.3 Å². The lowest BCUT2D eigenvalue weighted by molar-refractivity contribution is 0.0342. The van der Waals surface area contributed by atoms with E-state index in [0.29, 0.717) is 24.7 Å². The quantitative estimate of drug-likeness (QED) is 0.713. The first-order chi connectivity index (χ1) is 13.3. The number of aromatic nitrogens is 3. The molecule has 0 aliphatic carbocycles. The number of nitrogens with zero attached hydrogens (tertiary/aromatic N) is 4. The minimum absolute atomic E-state index is 0. The van der Waals surface area contributed by atoms with Gasteiger partial charge in [-0.25, -0.2) is 4.98 Å². The van der Waals surface area contributed by atoms with Crippen LogP contribution in [0.4, 0.5) is 5.95 Å². The maximum absolute atomic E-state index is 13.0.